The summed E-state index contributed by atoms with van der Waals surface area (Å²) in [4.78, 5) is 1.42. The van der Waals surface area contributed by atoms with Gasteiger partial charge in [-0.3, -0.25) is 0 Å². The largest absolute Gasteiger partial charge is 0.495 e. The fourth-order valence-corrected chi connectivity index (χ4v) is 4.03. The van der Waals surface area contributed by atoms with Gasteiger partial charge < -0.3 is 10.1 Å². The number of nitrogens with one attached hydrogen (secondary N) is 1. The first kappa shape index (κ1) is 13.8. The molecule has 0 amide bonds. The number of benzene rings is 2. The Balaban J connectivity index is 1.61. The third kappa shape index (κ3) is 2.96. The molecule has 0 aromatic heterocycles. The van der Waals surface area contributed by atoms with E-state index in [-0.39, 0.29) is 0 Å². The van der Waals surface area contributed by atoms with Gasteiger partial charge in [-0.05, 0) is 46.1 Å². The average molecular weight is 350 g/mol. The number of hydrogen-bond donors (Lipinski definition) is 1. The topological polar surface area (TPSA) is 21.3 Å². The van der Waals surface area contributed by atoms with Crippen molar-refractivity contribution in [2.45, 2.75) is 16.6 Å². The van der Waals surface area contributed by atoms with Gasteiger partial charge in [0.15, 0.2) is 0 Å². The maximum atomic E-state index is 5.32. The molecule has 2 aromatic carbocycles. The molecule has 1 heterocycles. The normalized spacial score (nSPS) is 16.8. The summed E-state index contributed by atoms with van der Waals surface area (Å²) >= 11 is 5.44. The van der Waals surface area contributed by atoms with Crippen molar-refractivity contribution in [1.82, 2.24) is 0 Å². The van der Waals surface area contributed by atoms with Crippen LogP contribution in [-0.2, 0) is 6.42 Å². The first-order valence-corrected chi connectivity index (χ1v) is 8.25. The van der Waals surface area contributed by atoms with Gasteiger partial charge in [-0.1, -0.05) is 18.2 Å². The van der Waals surface area contributed by atoms with E-state index in [0.29, 0.717) is 5.25 Å². The summed E-state index contributed by atoms with van der Waals surface area (Å²) in [6.07, 6.45) is 1.14. The molecule has 20 heavy (non-hydrogen) atoms. The molecule has 1 unspecified atom stereocenters. The lowest BCUT2D eigenvalue weighted by Gasteiger charge is -2.13. The van der Waals surface area contributed by atoms with Gasteiger partial charge in [0.2, 0.25) is 0 Å². The average Bonchev–Trinajstić information content (AvgIpc) is 2.89. The van der Waals surface area contributed by atoms with Crippen LogP contribution in [0.3, 0.4) is 0 Å². The van der Waals surface area contributed by atoms with E-state index in [1.165, 1.54) is 10.5 Å². The molecule has 1 aliphatic heterocycles. The lowest BCUT2D eigenvalue weighted by Crippen LogP contribution is -2.15. The SMILES string of the molecule is COc1cc(NCC2Cc3ccccc3S2)ccc1Br. The predicted molar refractivity (Wildman–Crippen MR) is 89.0 cm³/mol. The van der Waals surface area contributed by atoms with E-state index in [0.717, 1.165) is 28.9 Å². The van der Waals surface area contributed by atoms with Crippen LogP contribution in [0.5, 0.6) is 5.75 Å². The van der Waals surface area contributed by atoms with Crippen molar-refractivity contribution in [2.24, 2.45) is 0 Å². The van der Waals surface area contributed by atoms with Crippen LogP contribution in [0.1, 0.15) is 5.56 Å². The molecule has 1 aliphatic rings. The van der Waals surface area contributed by atoms with E-state index in [1.807, 2.05) is 23.9 Å². The minimum Gasteiger partial charge on any atom is -0.495 e. The lowest BCUT2D eigenvalue weighted by molar-refractivity contribution is 0.412. The molecule has 0 radical (unpaired) electrons. The molecule has 104 valence electrons. The zero-order valence-electron chi connectivity index (χ0n) is 11.2. The third-order valence-corrected chi connectivity index (χ3v) is 5.37. The number of ether oxygens (including phenoxy) is 1. The van der Waals surface area contributed by atoms with Crippen LogP contribution >= 0.6 is 27.7 Å². The second kappa shape index (κ2) is 6.10. The summed E-state index contributed by atoms with van der Waals surface area (Å²) < 4.78 is 6.30. The van der Waals surface area contributed by atoms with Gasteiger partial charge in [0.05, 0.1) is 11.6 Å². The molecular weight excluding hydrogens is 334 g/mol. The van der Waals surface area contributed by atoms with E-state index >= 15 is 0 Å². The van der Waals surface area contributed by atoms with E-state index in [1.54, 1.807) is 7.11 Å². The van der Waals surface area contributed by atoms with Crippen molar-refractivity contribution in [2.75, 3.05) is 19.0 Å². The van der Waals surface area contributed by atoms with Gasteiger partial charge in [-0.25, -0.2) is 0 Å². The zero-order chi connectivity index (χ0) is 13.9. The molecule has 0 aliphatic carbocycles. The molecule has 3 rings (SSSR count). The van der Waals surface area contributed by atoms with Gasteiger partial charge in [0.1, 0.15) is 5.75 Å². The number of rotatable bonds is 4. The summed E-state index contributed by atoms with van der Waals surface area (Å²) in [6, 6.07) is 14.8. The van der Waals surface area contributed by atoms with E-state index in [2.05, 4.69) is 51.6 Å². The fourth-order valence-electron chi connectivity index (χ4n) is 2.37. The Labute approximate surface area is 132 Å². The minimum absolute atomic E-state index is 0.599. The number of halogens is 1. The van der Waals surface area contributed by atoms with Crippen LogP contribution in [0.25, 0.3) is 0 Å². The smallest absolute Gasteiger partial charge is 0.135 e. The molecule has 4 heteroatoms. The van der Waals surface area contributed by atoms with Crippen LogP contribution in [0.2, 0.25) is 0 Å². The van der Waals surface area contributed by atoms with Crippen molar-refractivity contribution in [3.8, 4) is 5.75 Å². The summed E-state index contributed by atoms with van der Waals surface area (Å²) in [5.74, 6) is 0.859. The quantitative estimate of drug-likeness (QED) is 0.872. The second-order valence-corrected chi connectivity index (χ2v) is 6.98. The van der Waals surface area contributed by atoms with Crippen molar-refractivity contribution in [1.29, 1.82) is 0 Å². The highest BCUT2D eigenvalue weighted by Gasteiger charge is 2.21. The van der Waals surface area contributed by atoms with Crippen LogP contribution in [0, 0.1) is 0 Å². The fraction of sp³-hybridized carbons (Fsp3) is 0.250. The van der Waals surface area contributed by atoms with Crippen LogP contribution in [0.4, 0.5) is 5.69 Å². The van der Waals surface area contributed by atoms with Crippen molar-refractivity contribution < 1.29 is 4.74 Å². The molecule has 0 bridgehead atoms. The number of anilines is 1. The van der Waals surface area contributed by atoms with Gasteiger partial charge in [0, 0.05) is 28.4 Å². The monoisotopic (exact) mass is 349 g/mol. The Morgan fingerprint density at radius 1 is 1.30 bits per heavy atom. The predicted octanol–water partition coefficient (Wildman–Crippen LogP) is 4.59. The lowest BCUT2D eigenvalue weighted by atomic mass is 10.1. The molecule has 0 saturated carbocycles. The van der Waals surface area contributed by atoms with Gasteiger partial charge >= 0.3 is 0 Å². The molecule has 2 nitrogen and oxygen atoms in total. The third-order valence-electron chi connectivity index (χ3n) is 3.40. The Hall–Kier alpha value is -1.13. The van der Waals surface area contributed by atoms with Gasteiger partial charge in [-0.15, -0.1) is 11.8 Å². The van der Waals surface area contributed by atoms with E-state index < -0.39 is 0 Å². The molecule has 0 fully saturated rings. The van der Waals surface area contributed by atoms with E-state index in [4.69, 9.17) is 4.74 Å². The number of hydrogen-bond acceptors (Lipinski definition) is 3. The number of thioether (sulfide) groups is 1. The van der Waals surface area contributed by atoms with Gasteiger partial charge in [0.25, 0.3) is 0 Å². The highest BCUT2D eigenvalue weighted by atomic mass is 79.9. The minimum atomic E-state index is 0.599. The van der Waals surface area contributed by atoms with Gasteiger partial charge in [-0.2, -0.15) is 0 Å². The molecule has 0 saturated heterocycles. The molecule has 1 N–H and O–H groups in total. The first-order valence-electron chi connectivity index (χ1n) is 6.58. The van der Waals surface area contributed by atoms with Crippen molar-refractivity contribution in [3.63, 3.8) is 0 Å². The molecular formula is C16H16BrNOS. The molecule has 0 spiro atoms. The van der Waals surface area contributed by atoms with Crippen LogP contribution in [0.15, 0.2) is 51.8 Å². The maximum absolute atomic E-state index is 5.32. The molecule has 2 aromatic rings. The van der Waals surface area contributed by atoms with Crippen LogP contribution < -0.4 is 10.1 Å². The van der Waals surface area contributed by atoms with Crippen LogP contribution in [-0.4, -0.2) is 18.9 Å². The van der Waals surface area contributed by atoms with E-state index in [9.17, 15) is 0 Å². The second-order valence-electron chi connectivity index (χ2n) is 4.78. The highest BCUT2D eigenvalue weighted by molar-refractivity contribution is 9.10. The summed E-state index contributed by atoms with van der Waals surface area (Å²) in [5.41, 5.74) is 2.57. The molecule has 1 atom stereocenters. The summed E-state index contributed by atoms with van der Waals surface area (Å²) in [5, 5.41) is 4.10. The standard InChI is InChI=1S/C16H16BrNOS/c1-19-15-9-12(6-7-14(15)17)18-10-13-8-11-4-2-3-5-16(11)20-13/h2-7,9,13,18H,8,10H2,1H3. The number of methoxy groups -OCH3 is 1. The Kier molecular flexibility index (Phi) is 4.22. The Morgan fingerprint density at radius 3 is 2.95 bits per heavy atom. The highest BCUT2D eigenvalue weighted by Crippen LogP contribution is 2.37. The van der Waals surface area contributed by atoms with Crippen molar-refractivity contribution >= 4 is 33.4 Å². The summed E-state index contributed by atoms with van der Waals surface area (Å²) in [7, 11) is 1.69. The zero-order valence-corrected chi connectivity index (χ0v) is 13.6. The number of fused-ring (bicyclic) bond motifs is 1. The first-order chi connectivity index (χ1) is 9.76. The van der Waals surface area contributed by atoms with Crippen molar-refractivity contribution in [3.05, 3.63) is 52.5 Å². The Bertz CT molecular complexity index is 592. The maximum Gasteiger partial charge on any atom is 0.135 e. The Morgan fingerprint density at radius 2 is 2.15 bits per heavy atom. The summed E-state index contributed by atoms with van der Waals surface area (Å²) in [6.45, 7) is 0.962.